The van der Waals surface area contributed by atoms with Crippen LogP contribution in [0.25, 0.3) is 0 Å². The average molecular weight is 207 g/mol. The van der Waals surface area contributed by atoms with Gasteiger partial charge in [0.15, 0.2) is 5.67 Å². The van der Waals surface area contributed by atoms with Gasteiger partial charge in [0.05, 0.1) is 0 Å². The van der Waals surface area contributed by atoms with E-state index in [2.05, 4.69) is 15.5 Å². The fourth-order valence-electron chi connectivity index (χ4n) is 2.84. The van der Waals surface area contributed by atoms with E-state index in [1.54, 1.807) is 18.3 Å². The molecule has 0 saturated carbocycles. The van der Waals surface area contributed by atoms with Crippen molar-refractivity contribution in [3.63, 3.8) is 0 Å². The number of nitrogens with zero attached hydrogens (tertiary/aromatic N) is 2. The molecule has 2 unspecified atom stereocenters. The molecule has 1 aromatic heterocycles. The summed E-state index contributed by atoms with van der Waals surface area (Å²) >= 11 is 0. The molecule has 2 aliphatic heterocycles. The van der Waals surface area contributed by atoms with Gasteiger partial charge in [0.1, 0.15) is 5.69 Å². The molecule has 3 heterocycles. The zero-order valence-corrected chi connectivity index (χ0v) is 8.49. The van der Waals surface area contributed by atoms with E-state index < -0.39 is 5.67 Å². The zero-order valence-electron chi connectivity index (χ0n) is 8.49. The van der Waals surface area contributed by atoms with Gasteiger partial charge in [0.25, 0.3) is 0 Å². The zero-order chi connectivity index (χ0) is 10.3. The lowest BCUT2D eigenvalue weighted by Gasteiger charge is -2.34. The van der Waals surface area contributed by atoms with Crippen molar-refractivity contribution >= 4 is 0 Å². The van der Waals surface area contributed by atoms with Crippen LogP contribution in [0.3, 0.4) is 0 Å². The predicted molar refractivity (Wildman–Crippen MR) is 54.0 cm³/mol. The van der Waals surface area contributed by atoms with Crippen molar-refractivity contribution in [2.45, 2.75) is 43.4 Å². The van der Waals surface area contributed by atoms with E-state index in [4.69, 9.17) is 0 Å². The minimum atomic E-state index is -1.26. The predicted octanol–water partition coefficient (Wildman–Crippen LogP) is 1.56. The molecule has 80 valence electrons. The highest BCUT2D eigenvalue weighted by atomic mass is 19.1. The molecule has 3 nitrogen and oxygen atoms in total. The minimum absolute atomic E-state index is 0.329. The Morgan fingerprint density at radius 3 is 2.67 bits per heavy atom. The van der Waals surface area contributed by atoms with E-state index in [-0.39, 0.29) is 0 Å². The summed E-state index contributed by atoms with van der Waals surface area (Å²) in [5.41, 5.74) is -0.755. The molecule has 3 rings (SSSR count). The molecule has 2 saturated heterocycles. The highest BCUT2D eigenvalue weighted by Gasteiger charge is 2.46. The smallest absolute Gasteiger partial charge is 0.157 e. The third kappa shape index (κ3) is 1.53. The number of hydrogen-bond acceptors (Lipinski definition) is 3. The van der Waals surface area contributed by atoms with Gasteiger partial charge in [-0.25, -0.2) is 4.39 Å². The summed E-state index contributed by atoms with van der Waals surface area (Å²) in [5, 5.41) is 11.1. The molecule has 2 bridgehead atoms. The van der Waals surface area contributed by atoms with Crippen LogP contribution in [-0.2, 0) is 5.67 Å². The third-order valence-electron chi connectivity index (χ3n) is 3.51. The summed E-state index contributed by atoms with van der Waals surface area (Å²) in [6, 6.07) is 4.16. The number of piperidine rings is 1. The molecule has 15 heavy (non-hydrogen) atoms. The van der Waals surface area contributed by atoms with Crippen molar-refractivity contribution in [3.8, 4) is 0 Å². The molecule has 0 spiro atoms. The molecule has 0 aromatic carbocycles. The van der Waals surface area contributed by atoms with Gasteiger partial charge < -0.3 is 5.32 Å². The van der Waals surface area contributed by atoms with Crippen molar-refractivity contribution in [2.24, 2.45) is 0 Å². The van der Waals surface area contributed by atoms with Crippen molar-refractivity contribution < 1.29 is 4.39 Å². The summed E-state index contributed by atoms with van der Waals surface area (Å²) in [6.07, 6.45) is 4.86. The molecule has 0 amide bonds. The molecular weight excluding hydrogens is 193 g/mol. The molecule has 2 fully saturated rings. The number of rotatable bonds is 1. The van der Waals surface area contributed by atoms with Gasteiger partial charge >= 0.3 is 0 Å². The second kappa shape index (κ2) is 3.23. The second-order valence-corrected chi connectivity index (χ2v) is 4.62. The summed E-state index contributed by atoms with van der Waals surface area (Å²) in [7, 11) is 0. The van der Waals surface area contributed by atoms with Crippen molar-refractivity contribution in [1.82, 2.24) is 15.5 Å². The molecule has 0 radical (unpaired) electrons. The van der Waals surface area contributed by atoms with Crippen LogP contribution in [0.2, 0.25) is 0 Å². The van der Waals surface area contributed by atoms with Gasteiger partial charge in [-0.3, -0.25) is 0 Å². The van der Waals surface area contributed by atoms with Gasteiger partial charge in [0, 0.05) is 31.1 Å². The first-order valence-corrected chi connectivity index (χ1v) is 5.49. The lowest BCUT2D eigenvalue weighted by molar-refractivity contribution is 0.0816. The number of nitrogens with one attached hydrogen (secondary N) is 1. The fraction of sp³-hybridized carbons (Fsp3) is 0.636. The van der Waals surface area contributed by atoms with Crippen LogP contribution < -0.4 is 5.32 Å². The Labute approximate surface area is 88.1 Å². The molecule has 0 aliphatic carbocycles. The van der Waals surface area contributed by atoms with E-state index in [1.807, 2.05) is 0 Å². The van der Waals surface area contributed by atoms with Crippen LogP contribution in [-0.4, -0.2) is 22.3 Å². The normalized spacial score (nSPS) is 39.3. The Morgan fingerprint density at radius 1 is 1.33 bits per heavy atom. The average Bonchev–Trinajstić information content (AvgIpc) is 2.60. The van der Waals surface area contributed by atoms with Crippen LogP contribution in [0.1, 0.15) is 31.4 Å². The van der Waals surface area contributed by atoms with E-state index in [0.29, 0.717) is 30.6 Å². The van der Waals surface area contributed by atoms with Crippen molar-refractivity contribution in [1.29, 1.82) is 0 Å². The van der Waals surface area contributed by atoms with E-state index in [1.165, 1.54) is 0 Å². The number of aromatic nitrogens is 2. The highest BCUT2D eigenvalue weighted by Crippen LogP contribution is 2.42. The van der Waals surface area contributed by atoms with Crippen molar-refractivity contribution in [2.75, 3.05) is 0 Å². The quantitative estimate of drug-likeness (QED) is 0.759. The van der Waals surface area contributed by atoms with Crippen LogP contribution in [0, 0.1) is 0 Å². The Morgan fingerprint density at radius 2 is 2.07 bits per heavy atom. The monoisotopic (exact) mass is 207 g/mol. The maximum Gasteiger partial charge on any atom is 0.157 e. The van der Waals surface area contributed by atoms with Crippen LogP contribution in [0.4, 0.5) is 4.39 Å². The Hall–Kier alpha value is -1.03. The highest BCUT2D eigenvalue weighted by molar-refractivity contribution is 5.15. The number of fused-ring (bicyclic) bond motifs is 2. The minimum Gasteiger partial charge on any atom is -0.311 e. The van der Waals surface area contributed by atoms with E-state index in [9.17, 15) is 4.39 Å². The Balaban J connectivity index is 1.91. The lowest BCUT2D eigenvalue weighted by Crippen LogP contribution is -2.44. The van der Waals surface area contributed by atoms with Gasteiger partial charge in [0.2, 0.25) is 0 Å². The van der Waals surface area contributed by atoms with Gasteiger partial charge in [-0.15, -0.1) is 0 Å². The molecule has 2 aliphatic rings. The summed E-state index contributed by atoms with van der Waals surface area (Å²) in [6.45, 7) is 0. The van der Waals surface area contributed by atoms with Gasteiger partial charge in [-0.2, -0.15) is 10.2 Å². The number of alkyl halides is 1. The molecule has 2 atom stereocenters. The topological polar surface area (TPSA) is 37.8 Å². The summed E-state index contributed by atoms with van der Waals surface area (Å²) in [4.78, 5) is 0. The fourth-order valence-corrected chi connectivity index (χ4v) is 2.84. The summed E-state index contributed by atoms with van der Waals surface area (Å²) in [5.74, 6) is 0. The molecule has 1 aromatic rings. The first-order chi connectivity index (χ1) is 7.26. The number of halogens is 1. The molecule has 4 heteroatoms. The number of hydrogen-bond donors (Lipinski definition) is 1. The van der Waals surface area contributed by atoms with E-state index >= 15 is 0 Å². The van der Waals surface area contributed by atoms with E-state index in [0.717, 1.165) is 12.8 Å². The molecular formula is C11H14FN3. The van der Waals surface area contributed by atoms with Gasteiger partial charge in [-0.05, 0) is 25.0 Å². The maximum atomic E-state index is 14.7. The first kappa shape index (κ1) is 9.21. The Kier molecular flexibility index (Phi) is 1.99. The van der Waals surface area contributed by atoms with Crippen LogP contribution >= 0.6 is 0 Å². The largest absolute Gasteiger partial charge is 0.311 e. The first-order valence-electron chi connectivity index (χ1n) is 5.49. The van der Waals surface area contributed by atoms with Crippen LogP contribution in [0.15, 0.2) is 18.3 Å². The SMILES string of the molecule is FC1(c2cccnn2)CC2CCC(C1)N2. The standard InChI is InChI=1S/C11H14FN3/c12-11(10-2-1-5-13-15-10)6-8-3-4-9(7-11)14-8/h1-2,5,8-9,14H,3-4,6-7H2. The Bertz CT molecular complexity index is 342. The maximum absolute atomic E-state index is 14.7. The second-order valence-electron chi connectivity index (χ2n) is 4.62. The van der Waals surface area contributed by atoms with Gasteiger partial charge in [-0.1, -0.05) is 0 Å². The molecule has 1 N–H and O–H groups in total. The van der Waals surface area contributed by atoms with Crippen LogP contribution in [0.5, 0.6) is 0 Å². The summed E-state index contributed by atoms with van der Waals surface area (Å²) < 4.78 is 14.7. The van der Waals surface area contributed by atoms with Crippen molar-refractivity contribution in [3.05, 3.63) is 24.0 Å². The third-order valence-corrected chi connectivity index (χ3v) is 3.51. The lowest BCUT2D eigenvalue weighted by atomic mass is 9.86.